The van der Waals surface area contributed by atoms with Gasteiger partial charge in [-0.15, -0.1) is 24.0 Å². The van der Waals surface area contributed by atoms with E-state index in [0.29, 0.717) is 16.8 Å². The lowest BCUT2D eigenvalue weighted by Gasteiger charge is -2.32. The molecule has 1 saturated heterocycles. The van der Waals surface area contributed by atoms with E-state index in [1.165, 1.54) is 5.56 Å². The first-order valence-electron chi connectivity index (χ1n) is 9.34. The number of hydrogen-bond donors (Lipinski definition) is 2. The fourth-order valence-corrected chi connectivity index (χ4v) is 4.05. The van der Waals surface area contributed by atoms with E-state index in [2.05, 4.69) is 15.6 Å². The second kappa shape index (κ2) is 11.9. The zero-order valence-corrected chi connectivity index (χ0v) is 20.1. The Bertz CT molecular complexity index is 781. The van der Waals surface area contributed by atoms with E-state index in [-0.39, 0.29) is 55.9 Å². The molecule has 1 aliphatic heterocycles. The van der Waals surface area contributed by atoms with Gasteiger partial charge in [-0.3, -0.25) is 4.99 Å². The Labute approximate surface area is 192 Å². The number of aryl methyl sites for hydroxylation is 1. The molecular formula is C18H28F3IN4O3S. The highest BCUT2D eigenvalue weighted by molar-refractivity contribution is 14.0. The zero-order chi connectivity index (χ0) is 21.5. The molecule has 30 heavy (non-hydrogen) atoms. The number of ether oxygens (including phenoxy) is 1. The number of methoxy groups -OCH3 is 1. The van der Waals surface area contributed by atoms with Crippen LogP contribution in [0, 0.1) is 0 Å². The summed E-state index contributed by atoms with van der Waals surface area (Å²) in [6, 6.07) is 7.70. The third-order valence-corrected chi connectivity index (χ3v) is 6.37. The van der Waals surface area contributed by atoms with Crippen molar-refractivity contribution in [3.05, 3.63) is 29.8 Å². The molecule has 1 heterocycles. The van der Waals surface area contributed by atoms with Gasteiger partial charge in [-0.25, -0.2) is 8.42 Å². The first-order valence-corrected chi connectivity index (χ1v) is 10.8. The summed E-state index contributed by atoms with van der Waals surface area (Å²) in [7, 11) is -2.02. The topological polar surface area (TPSA) is 83.0 Å². The molecule has 0 spiro atoms. The number of rotatable bonds is 7. The number of nitrogens with one attached hydrogen (secondary N) is 2. The van der Waals surface area contributed by atoms with Crippen molar-refractivity contribution in [3.63, 3.8) is 0 Å². The number of sulfonamides is 1. The van der Waals surface area contributed by atoms with Crippen molar-refractivity contribution in [2.45, 2.75) is 37.2 Å². The number of aliphatic imine (C=N–C) groups is 1. The lowest BCUT2D eigenvalue weighted by molar-refractivity contribution is -0.0494. The summed E-state index contributed by atoms with van der Waals surface area (Å²) in [5, 5.41) is 6.33. The van der Waals surface area contributed by atoms with Gasteiger partial charge in [0.15, 0.2) is 5.96 Å². The summed E-state index contributed by atoms with van der Waals surface area (Å²) in [5.74, 6) is 1.36. The van der Waals surface area contributed by atoms with Crippen molar-refractivity contribution < 1.29 is 26.3 Å². The molecule has 0 radical (unpaired) electrons. The van der Waals surface area contributed by atoms with Crippen LogP contribution in [0.25, 0.3) is 0 Å². The van der Waals surface area contributed by atoms with E-state index in [9.17, 15) is 21.6 Å². The second-order valence-corrected chi connectivity index (χ2v) is 8.65. The van der Waals surface area contributed by atoms with Crippen molar-refractivity contribution in [1.29, 1.82) is 0 Å². The molecule has 172 valence electrons. The average molecular weight is 564 g/mol. The van der Waals surface area contributed by atoms with Crippen LogP contribution in [0.15, 0.2) is 29.3 Å². The van der Waals surface area contributed by atoms with Crippen LogP contribution in [-0.2, 0) is 16.4 Å². The van der Waals surface area contributed by atoms with Gasteiger partial charge in [-0.1, -0.05) is 12.1 Å². The monoisotopic (exact) mass is 564 g/mol. The highest BCUT2D eigenvalue weighted by Gasteiger charge is 2.50. The lowest BCUT2D eigenvalue weighted by atomic mass is 10.1. The molecule has 0 bridgehead atoms. The number of guanidine groups is 1. The van der Waals surface area contributed by atoms with Gasteiger partial charge in [0.1, 0.15) is 5.75 Å². The maximum Gasteiger partial charge on any atom is 0.511 e. The van der Waals surface area contributed by atoms with Gasteiger partial charge in [-0.2, -0.15) is 17.5 Å². The predicted molar refractivity (Wildman–Crippen MR) is 121 cm³/mol. The third-order valence-electron chi connectivity index (χ3n) is 4.74. The van der Waals surface area contributed by atoms with E-state index < -0.39 is 15.5 Å². The Balaban J connectivity index is 0.00000450. The maximum absolute atomic E-state index is 12.6. The Kier molecular flexibility index (Phi) is 10.6. The lowest BCUT2D eigenvalue weighted by Crippen LogP contribution is -2.51. The first kappa shape index (κ1) is 26.8. The van der Waals surface area contributed by atoms with Crippen LogP contribution >= 0.6 is 24.0 Å². The quantitative estimate of drug-likeness (QED) is 0.231. The number of benzene rings is 1. The molecule has 2 N–H and O–H groups in total. The molecule has 0 aromatic heterocycles. The maximum atomic E-state index is 12.6. The minimum Gasteiger partial charge on any atom is -0.497 e. The van der Waals surface area contributed by atoms with Crippen molar-refractivity contribution in [3.8, 4) is 5.75 Å². The Morgan fingerprint density at radius 1 is 1.23 bits per heavy atom. The summed E-state index contributed by atoms with van der Waals surface area (Å²) in [6.45, 7) is 0.328. The minimum absolute atomic E-state index is 0. The summed E-state index contributed by atoms with van der Waals surface area (Å²) in [6.07, 6.45) is 2.31. The van der Waals surface area contributed by atoms with Crippen LogP contribution in [0.3, 0.4) is 0 Å². The Morgan fingerprint density at radius 2 is 1.83 bits per heavy atom. The molecule has 1 fully saturated rings. The van der Waals surface area contributed by atoms with Crippen LogP contribution < -0.4 is 15.4 Å². The summed E-state index contributed by atoms with van der Waals surface area (Å²) in [5.41, 5.74) is -4.07. The van der Waals surface area contributed by atoms with Crippen LogP contribution in [0.2, 0.25) is 0 Å². The highest BCUT2D eigenvalue weighted by atomic mass is 127. The number of hydrogen-bond acceptors (Lipinski definition) is 4. The Hall–Kier alpha value is -1.28. The summed E-state index contributed by atoms with van der Waals surface area (Å²) >= 11 is 0. The molecule has 1 aromatic carbocycles. The van der Waals surface area contributed by atoms with E-state index in [4.69, 9.17) is 4.74 Å². The molecule has 0 amide bonds. The van der Waals surface area contributed by atoms with Gasteiger partial charge in [-0.05, 0) is 43.4 Å². The average Bonchev–Trinajstić information content (AvgIpc) is 2.70. The predicted octanol–water partition coefficient (Wildman–Crippen LogP) is 2.72. The standard InChI is InChI=1S/C18H27F3N4O3S.HI/c1-22-17(23-11-3-4-14-5-7-16(28-2)8-6-14)24-15-9-12-25(13-10-15)29(26,27)18(19,20)21;/h5-8,15H,3-4,9-13H2,1-2H3,(H2,22,23,24);1H. The number of piperidine rings is 1. The highest BCUT2D eigenvalue weighted by Crippen LogP contribution is 2.28. The SMILES string of the molecule is CN=C(NCCCc1ccc(OC)cc1)NC1CCN(S(=O)(=O)C(F)(F)F)CC1.I. The van der Waals surface area contributed by atoms with Gasteiger partial charge in [0.2, 0.25) is 0 Å². The minimum atomic E-state index is -5.26. The molecule has 1 aromatic rings. The van der Waals surface area contributed by atoms with Crippen molar-refractivity contribution in [2.24, 2.45) is 4.99 Å². The number of halogens is 4. The molecule has 7 nitrogen and oxygen atoms in total. The van der Waals surface area contributed by atoms with Gasteiger partial charge in [0, 0.05) is 32.7 Å². The van der Waals surface area contributed by atoms with E-state index in [1.54, 1.807) is 14.2 Å². The van der Waals surface area contributed by atoms with Crippen LogP contribution in [0.5, 0.6) is 5.75 Å². The molecule has 0 aliphatic carbocycles. The second-order valence-electron chi connectivity index (χ2n) is 6.72. The third kappa shape index (κ3) is 7.45. The molecular weight excluding hydrogens is 536 g/mol. The van der Waals surface area contributed by atoms with E-state index >= 15 is 0 Å². The normalized spacial score (nSPS) is 16.6. The zero-order valence-electron chi connectivity index (χ0n) is 16.9. The smallest absolute Gasteiger partial charge is 0.497 e. The Morgan fingerprint density at radius 3 is 2.33 bits per heavy atom. The van der Waals surface area contributed by atoms with Gasteiger partial charge >= 0.3 is 15.5 Å². The van der Waals surface area contributed by atoms with Crippen LogP contribution in [0.4, 0.5) is 13.2 Å². The number of alkyl halides is 3. The molecule has 0 unspecified atom stereocenters. The van der Waals surface area contributed by atoms with E-state index in [1.807, 2.05) is 24.3 Å². The summed E-state index contributed by atoms with van der Waals surface area (Å²) < 4.78 is 66.4. The largest absolute Gasteiger partial charge is 0.511 e. The first-order chi connectivity index (χ1) is 13.7. The molecule has 0 saturated carbocycles. The molecule has 2 rings (SSSR count). The molecule has 1 aliphatic rings. The fourth-order valence-electron chi connectivity index (χ4n) is 3.07. The number of nitrogens with zero attached hydrogens (tertiary/aromatic N) is 2. The van der Waals surface area contributed by atoms with Gasteiger partial charge in [0.25, 0.3) is 0 Å². The van der Waals surface area contributed by atoms with Gasteiger partial charge in [0.05, 0.1) is 7.11 Å². The molecule has 0 atom stereocenters. The summed E-state index contributed by atoms with van der Waals surface area (Å²) in [4.78, 5) is 4.12. The van der Waals surface area contributed by atoms with Crippen LogP contribution in [-0.4, -0.2) is 64.0 Å². The molecule has 12 heteroatoms. The van der Waals surface area contributed by atoms with Crippen LogP contribution in [0.1, 0.15) is 24.8 Å². The van der Waals surface area contributed by atoms with Gasteiger partial charge < -0.3 is 15.4 Å². The fraction of sp³-hybridized carbons (Fsp3) is 0.611. The van der Waals surface area contributed by atoms with Crippen molar-refractivity contribution in [1.82, 2.24) is 14.9 Å². The van der Waals surface area contributed by atoms with Crippen molar-refractivity contribution in [2.75, 3.05) is 33.8 Å². The van der Waals surface area contributed by atoms with E-state index in [0.717, 1.165) is 18.6 Å². The van der Waals surface area contributed by atoms with Crippen molar-refractivity contribution >= 4 is 40.0 Å².